The Balaban J connectivity index is 2.38. The lowest BCUT2D eigenvalue weighted by atomic mass is 10.3. The van der Waals surface area contributed by atoms with Crippen molar-refractivity contribution < 1.29 is 25.2 Å². The molecule has 22 heavy (non-hydrogen) atoms. The maximum Gasteiger partial charge on any atom is 0.340 e. The molecule has 0 radical (unpaired) electrons. The van der Waals surface area contributed by atoms with Crippen molar-refractivity contribution in [2.24, 2.45) is 0 Å². The Labute approximate surface area is 154 Å². The van der Waals surface area contributed by atoms with Crippen LogP contribution in [0.3, 0.4) is 0 Å². The number of fused-ring (bicyclic) bond motifs is 2. The van der Waals surface area contributed by atoms with E-state index in [4.69, 9.17) is 8.37 Å². The van der Waals surface area contributed by atoms with E-state index in [2.05, 4.69) is 0 Å². The number of halogens is 2. The Morgan fingerprint density at radius 1 is 0.727 bits per heavy atom. The van der Waals surface area contributed by atoms with Crippen LogP contribution in [0.1, 0.15) is 0 Å². The van der Waals surface area contributed by atoms with Crippen LogP contribution in [0, 0.1) is 7.14 Å². The second-order valence-electron chi connectivity index (χ2n) is 4.23. The summed E-state index contributed by atoms with van der Waals surface area (Å²) in [5.74, 6) is -0.351. The van der Waals surface area contributed by atoms with Crippen molar-refractivity contribution >= 4 is 65.4 Å². The van der Waals surface area contributed by atoms with Crippen LogP contribution in [0.25, 0.3) is 0 Å². The Kier molecular flexibility index (Phi) is 4.06. The number of hydrogen-bond donors (Lipinski definition) is 0. The molecule has 0 fully saturated rings. The standard InChI is InChI=1S/C12H6I2O6S2/c13-7-5-11-12(6-8(7)14)22(17,18)20-10-4-2-1-3-9(10)19-21(11,15)16/h1-6H. The molecule has 2 aromatic carbocycles. The van der Waals surface area contributed by atoms with E-state index in [1.165, 1.54) is 36.4 Å². The molecule has 116 valence electrons. The van der Waals surface area contributed by atoms with E-state index in [-0.39, 0.29) is 11.5 Å². The van der Waals surface area contributed by atoms with Gasteiger partial charge in [0.25, 0.3) is 0 Å². The highest BCUT2D eigenvalue weighted by molar-refractivity contribution is 14.1. The molecule has 10 heteroatoms. The third-order valence-electron chi connectivity index (χ3n) is 2.77. The van der Waals surface area contributed by atoms with Crippen LogP contribution in [0.5, 0.6) is 11.5 Å². The number of hydrogen-bond acceptors (Lipinski definition) is 6. The average molecular weight is 564 g/mol. The molecule has 6 nitrogen and oxygen atoms in total. The molecule has 2 aromatic rings. The summed E-state index contributed by atoms with van der Waals surface area (Å²) in [5.41, 5.74) is 0. The van der Waals surface area contributed by atoms with Crippen molar-refractivity contribution in [3.05, 3.63) is 43.5 Å². The summed E-state index contributed by atoms with van der Waals surface area (Å²) < 4.78 is 60.9. The summed E-state index contributed by atoms with van der Waals surface area (Å²) in [5, 5.41) is 0. The molecule has 1 heterocycles. The zero-order valence-corrected chi connectivity index (χ0v) is 16.4. The topological polar surface area (TPSA) is 86.7 Å². The first-order valence-electron chi connectivity index (χ1n) is 5.68. The van der Waals surface area contributed by atoms with Gasteiger partial charge in [-0.15, -0.1) is 0 Å². The second kappa shape index (κ2) is 5.49. The first-order chi connectivity index (χ1) is 10.2. The van der Waals surface area contributed by atoms with Crippen molar-refractivity contribution in [2.45, 2.75) is 9.79 Å². The Morgan fingerprint density at radius 2 is 1.09 bits per heavy atom. The summed E-state index contributed by atoms with van der Waals surface area (Å²) in [6, 6.07) is 8.19. The predicted octanol–water partition coefficient (Wildman–Crippen LogP) is 2.74. The van der Waals surface area contributed by atoms with Gasteiger partial charge in [0, 0.05) is 7.14 Å². The van der Waals surface area contributed by atoms with Crippen LogP contribution in [0.15, 0.2) is 46.2 Å². The lowest BCUT2D eigenvalue weighted by Crippen LogP contribution is -2.21. The quantitative estimate of drug-likeness (QED) is 0.362. The number of benzene rings is 2. The fourth-order valence-electron chi connectivity index (χ4n) is 1.82. The summed E-state index contributed by atoms with van der Waals surface area (Å²) in [7, 11) is -8.59. The van der Waals surface area contributed by atoms with Crippen LogP contribution in [-0.4, -0.2) is 16.8 Å². The van der Waals surface area contributed by atoms with Gasteiger partial charge in [-0.1, -0.05) is 12.1 Å². The fourth-order valence-corrected chi connectivity index (χ4v) is 5.85. The van der Waals surface area contributed by atoms with Crippen LogP contribution < -0.4 is 8.37 Å². The Hall–Kier alpha value is -0.600. The zero-order chi connectivity index (χ0) is 16.1. The first kappa shape index (κ1) is 16.3. The van der Waals surface area contributed by atoms with Gasteiger partial charge in [-0.25, -0.2) is 0 Å². The number of para-hydroxylation sites is 2. The summed E-state index contributed by atoms with van der Waals surface area (Å²) in [6.07, 6.45) is 0. The molecule has 0 bridgehead atoms. The van der Waals surface area contributed by atoms with Gasteiger partial charge >= 0.3 is 20.2 Å². The maximum absolute atomic E-state index is 12.4. The highest BCUT2D eigenvalue weighted by atomic mass is 127. The Morgan fingerprint density at radius 3 is 1.45 bits per heavy atom. The minimum Gasteiger partial charge on any atom is -0.375 e. The summed E-state index contributed by atoms with van der Waals surface area (Å²) in [6.45, 7) is 0. The highest BCUT2D eigenvalue weighted by Gasteiger charge is 2.34. The molecule has 0 N–H and O–H groups in total. The molecule has 0 aliphatic carbocycles. The van der Waals surface area contributed by atoms with Crippen molar-refractivity contribution in [3.8, 4) is 11.5 Å². The lowest BCUT2D eigenvalue weighted by Gasteiger charge is -2.18. The SMILES string of the molecule is O=S1(=O)Oc2ccccc2OS(=O)(=O)c2cc(I)c(I)cc21. The van der Waals surface area contributed by atoms with E-state index in [1.807, 2.05) is 45.2 Å². The van der Waals surface area contributed by atoms with Gasteiger partial charge in [0.1, 0.15) is 9.79 Å². The molecular weight excluding hydrogens is 558 g/mol. The minimum atomic E-state index is -4.29. The van der Waals surface area contributed by atoms with Crippen molar-refractivity contribution in [1.82, 2.24) is 0 Å². The molecule has 0 atom stereocenters. The molecular formula is C12H6I2O6S2. The molecule has 1 aliphatic rings. The third kappa shape index (κ3) is 2.80. The zero-order valence-electron chi connectivity index (χ0n) is 10.5. The molecule has 1 aliphatic heterocycles. The summed E-state index contributed by atoms with van der Waals surface area (Å²) in [4.78, 5) is -0.876. The molecule has 0 unspecified atom stereocenters. The third-order valence-corrected chi connectivity index (χ3v) is 8.27. The summed E-state index contributed by atoms with van der Waals surface area (Å²) >= 11 is 3.84. The van der Waals surface area contributed by atoms with Gasteiger partial charge in [-0.05, 0) is 69.4 Å². The monoisotopic (exact) mass is 564 g/mol. The second-order valence-corrected chi connectivity index (χ2v) is 9.59. The van der Waals surface area contributed by atoms with E-state index in [9.17, 15) is 16.8 Å². The van der Waals surface area contributed by atoms with Gasteiger partial charge in [0.05, 0.1) is 0 Å². The van der Waals surface area contributed by atoms with Crippen molar-refractivity contribution in [2.75, 3.05) is 0 Å². The predicted molar refractivity (Wildman–Crippen MR) is 93.9 cm³/mol. The molecule has 0 aromatic heterocycles. The van der Waals surface area contributed by atoms with Gasteiger partial charge in [0.2, 0.25) is 0 Å². The van der Waals surface area contributed by atoms with E-state index >= 15 is 0 Å². The smallest absolute Gasteiger partial charge is 0.340 e. The van der Waals surface area contributed by atoms with E-state index in [0.29, 0.717) is 7.14 Å². The maximum atomic E-state index is 12.4. The van der Waals surface area contributed by atoms with Crippen molar-refractivity contribution in [3.63, 3.8) is 0 Å². The van der Waals surface area contributed by atoms with E-state index in [1.54, 1.807) is 0 Å². The van der Waals surface area contributed by atoms with E-state index < -0.39 is 30.0 Å². The van der Waals surface area contributed by atoms with E-state index in [0.717, 1.165) is 0 Å². The van der Waals surface area contributed by atoms with Gasteiger partial charge in [-0.2, -0.15) is 16.8 Å². The number of rotatable bonds is 0. The van der Waals surface area contributed by atoms with Crippen LogP contribution in [0.4, 0.5) is 0 Å². The molecule has 3 rings (SSSR count). The first-order valence-corrected chi connectivity index (χ1v) is 10.7. The molecule has 0 spiro atoms. The Bertz CT molecular complexity index is 903. The normalized spacial score (nSPS) is 17.9. The van der Waals surface area contributed by atoms with Crippen LogP contribution in [-0.2, 0) is 20.2 Å². The van der Waals surface area contributed by atoms with Crippen molar-refractivity contribution in [1.29, 1.82) is 0 Å². The van der Waals surface area contributed by atoms with Crippen LogP contribution in [0.2, 0.25) is 0 Å². The lowest BCUT2D eigenvalue weighted by molar-refractivity contribution is 0.437. The van der Waals surface area contributed by atoms with Crippen LogP contribution >= 0.6 is 45.2 Å². The molecule has 0 saturated heterocycles. The molecule has 0 amide bonds. The van der Waals surface area contributed by atoms with Gasteiger partial charge in [-0.3, -0.25) is 0 Å². The molecule has 0 saturated carbocycles. The van der Waals surface area contributed by atoms with Gasteiger partial charge < -0.3 is 8.37 Å². The average Bonchev–Trinajstić information content (AvgIpc) is 2.42. The largest absolute Gasteiger partial charge is 0.375 e. The minimum absolute atomic E-state index is 0.176. The highest BCUT2D eigenvalue weighted by Crippen LogP contribution is 2.38. The fraction of sp³-hybridized carbons (Fsp3) is 0. The van der Waals surface area contributed by atoms with Gasteiger partial charge in [0.15, 0.2) is 11.5 Å².